The van der Waals surface area contributed by atoms with Gasteiger partial charge in [-0.15, -0.1) is 0 Å². The molecule has 1 saturated carbocycles. The second-order valence-electron chi connectivity index (χ2n) is 6.93. The number of nitrogens with one attached hydrogen (secondary N) is 1. The van der Waals surface area contributed by atoms with E-state index in [1.807, 2.05) is 49.4 Å². The highest BCUT2D eigenvalue weighted by Crippen LogP contribution is 2.38. The number of benzene rings is 2. The third-order valence-electron chi connectivity index (χ3n) is 4.95. The third kappa shape index (κ3) is 4.73. The average Bonchev–Trinajstić information content (AvgIpc) is 2.69. The van der Waals surface area contributed by atoms with Crippen molar-refractivity contribution in [3.8, 4) is 17.2 Å². The van der Waals surface area contributed by atoms with Crippen LogP contribution in [0.25, 0.3) is 0 Å². The Hall–Kier alpha value is -2.69. The van der Waals surface area contributed by atoms with E-state index in [1.165, 1.54) is 0 Å². The van der Waals surface area contributed by atoms with Gasteiger partial charge in [-0.3, -0.25) is 4.79 Å². The summed E-state index contributed by atoms with van der Waals surface area (Å²) >= 11 is 0. The van der Waals surface area contributed by atoms with Crippen LogP contribution in [0.3, 0.4) is 0 Å². The third-order valence-corrected chi connectivity index (χ3v) is 4.95. The van der Waals surface area contributed by atoms with Crippen LogP contribution in [0.1, 0.15) is 41.6 Å². The largest absolute Gasteiger partial charge is 0.493 e. The van der Waals surface area contributed by atoms with Gasteiger partial charge in [0.2, 0.25) is 5.75 Å². The Morgan fingerprint density at radius 1 is 0.963 bits per heavy atom. The molecule has 0 aromatic heterocycles. The highest BCUT2D eigenvalue weighted by atomic mass is 16.5. The predicted molar refractivity (Wildman–Crippen MR) is 105 cm³/mol. The van der Waals surface area contributed by atoms with Crippen LogP contribution in [-0.4, -0.2) is 32.3 Å². The Labute approximate surface area is 160 Å². The van der Waals surface area contributed by atoms with Crippen LogP contribution < -0.4 is 19.5 Å². The van der Waals surface area contributed by atoms with Gasteiger partial charge in [-0.05, 0) is 56.9 Å². The average molecular weight is 369 g/mol. The van der Waals surface area contributed by atoms with Gasteiger partial charge in [0.25, 0.3) is 5.91 Å². The fraction of sp³-hybridized carbons (Fsp3) is 0.409. The summed E-state index contributed by atoms with van der Waals surface area (Å²) in [6.45, 7) is 1.99. The maximum absolute atomic E-state index is 12.4. The normalized spacial score (nSPS) is 19.2. The second kappa shape index (κ2) is 8.80. The first-order valence-electron chi connectivity index (χ1n) is 9.36. The molecule has 0 atom stereocenters. The minimum absolute atomic E-state index is 0.00228. The van der Waals surface area contributed by atoms with E-state index < -0.39 is 0 Å². The lowest BCUT2D eigenvalue weighted by Crippen LogP contribution is -2.39. The summed E-state index contributed by atoms with van der Waals surface area (Å²) in [5.74, 6) is 1.98. The SMILES string of the molecule is COc1cccc(OC2CCC(NC(=O)c3cccc(C)c3)CC2)c1OC. The fourth-order valence-electron chi connectivity index (χ4n) is 3.51. The van der Waals surface area contributed by atoms with Gasteiger partial charge in [-0.1, -0.05) is 23.8 Å². The van der Waals surface area contributed by atoms with Crippen molar-refractivity contribution in [3.63, 3.8) is 0 Å². The van der Waals surface area contributed by atoms with Crippen molar-refractivity contribution in [2.75, 3.05) is 14.2 Å². The van der Waals surface area contributed by atoms with Gasteiger partial charge in [-0.25, -0.2) is 0 Å². The zero-order chi connectivity index (χ0) is 19.2. The molecule has 0 saturated heterocycles. The molecule has 0 aliphatic heterocycles. The summed E-state index contributed by atoms with van der Waals surface area (Å²) in [7, 11) is 3.23. The first-order valence-corrected chi connectivity index (χ1v) is 9.36. The number of methoxy groups -OCH3 is 2. The van der Waals surface area contributed by atoms with E-state index in [0.29, 0.717) is 17.2 Å². The molecule has 1 aliphatic rings. The number of aryl methyl sites for hydroxylation is 1. The molecule has 5 nitrogen and oxygen atoms in total. The minimum Gasteiger partial charge on any atom is -0.493 e. The van der Waals surface area contributed by atoms with Crippen LogP contribution in [-0.2, 0) is 0 Å². The van der Waals surface area contributed by atoms with Crippen LogP contribution in [0, 0.1) is 6.92 Å². The van der Waals surface area contributed by atoms with Gasteiger partial charge in [-0.2, -0.15) is 0 Å². The molecule has 27 heavy (non-hydrogen) atoms. The Balaban J connectivity index is 1.54. The molecular formula is C22H27NO4. The molecule has 1 N–H and O–H groups in total. The summed E-state index contributed by atoms with van der Waals surface area (Å²) in [6, 6.07) is 13.5. The highest BCUT2D eigenvalue weighted by molar-refractivity contribution is 5.94. The van der Waals surface area contributed by atoms with E-state index in [2.05, 4.69) is 5.32 Å². The van der Waals surface area contributed by atoms with Crippen LogP contribution in [0.5, 0.6) is 17.2 Å². The summed E-state index contributed by atoms with van der Waals surface area (Å²) in [6.07, 6.45) is 3.68. The summed E-state index contributed by atoms with van der Waals surface area (Å²) in [5, 5.41) is 3.15. The lowest BCUT2D eigenvalue weighted by atomic mass is 9.92. The van der Waals surface area contributed by atoms with Gasteiger partial charge in [0.1, 0.15) is 0 Å². The van der Waals surface area contributed by atoms with Crippen LogP contribution in [0.4, 0.5) is 0 Å². The van der Waals surface area contributed by atoms with Crippen LogP contribution >= 0.6 is 0 Å². The molecule has 1 amide bonds. The Kier molecular flexibility index (Phi) is 6.22. The second-order valence-corrected chi connectivity index (χ2v) is 6.93. The number of hydrogen-bond acceptors (Lipinski definition) is 4. The van der Waals surface area contributed by atoms with Gasteiger partial charge < -0.3 is 19.5 Å². The number of carbonyl (C=O) groups is 1. The smallest absolute Gasteiger partial charge is 0.251 e. The Bertz CT molecular complexity index is 782. The summed E-state index contributed by atoms with van der Waals surface area (Å²) in [4.78, 5) is 12.4. The van der Waals surface area contributed by atoms with Crippen molar-refractivity contribution in [2.45, 2.75) is 44.8 Å². The number of hydrogen-bond donors (Lipinski definition) is 1. The Morgan fingerprint density at radius 3 is 2.33 bits per heavy atom. The molecule has 2 aromatic rings. The fourth-order valence-corrected chi connectivity index (χ4v) is 3.51. The number of amides is 1. The van der Waals surface area contributed by atoms with E-state index >= 15 is 0 Å². The van der Waals surface area contributed by atoms with E-state index in [1.54, 1.807) is 14.2 Å². The van der Waals surface area contributed by atoms with Crippen molar-refractivity contribution in [1.82, 2.24) is 5.32 Å². The molecule has 3 rings (SSSR count). The molecule has 1 aliphatic carbocycles. The van der Waals surface area contributed by atoms with Crippen molar-refractivity contribution >= 4 is 5.91 Å². The molecule has 0 spiro atoms. The number of ether oxygens (including phenoxy) is 3. The maximum atomic E-state index is 12.4. The quantitative estimate of drug-likeness (QED) is 0.832. The zero-order valence-corrected chi connectivity index (χ0v) is 16.2. The lowest BCUT2D eigenvalue weighted by molar-refractivity contribution is 0.0891. The van der Waals surface area contributed by atoms with Crippen molar-refractivity contribution in [3.05, 3.63) is 53.6 Å². The first-order chi connectivity index (χ1) is 13.1. The van der Waals surface area contributed by atoms with E-state index in [4.69, 9.17) is 14.2 Å². The summed E-state index contributed by atoms with van der Waals surface area (Å²) in [5.41, 5.74) is 1.81. The zero-order valence-electron chi connectivity index (χ0n) is 16.2. The number of carbonyl (C=O) groups excluding carboxylic acids is 1. The molecule has 1 fully saturated rings. The topological polar surface area (TPSA) is 56.8 Å². The van der Waals surface area contributed by atoms with Gasteiger partial charge in [0.15, 0.2) is 11.5 Å². The standard InChI is InChI=1S/C22H27NO4/c1-15-6-4-7-16(14-15)22(24)23-17-10-12-18(13-11-17)27-20-9-5-8-19(25-2)21(20)26-3/h4-9,14,17-18H,10-13H2,1-3H3,(H,23,24). The highest BCUT2D eigenvalue weighted by Gasteiger charge is 2.25. The first kappa shape index (κ1) is 19.1. The van der Waals surface area contributed by atoms with E-state index in [9.17, 15) is 4.79 Å². The summed E-state index contributed by atoms with van der Waals surface area (Å²) < 4.78 is 16.9. The number of rotatable bonds is 6. The molecule has 0 unspecified atom stereocenters. The predicted octanol–water partition coefficient (Wildman–Crippen LogP) is 4.13. The molecule has 0 heterocycles. The molecule has 5 heteroatoms. The minimum atomic E-state index is -0.00228. The van der Waals surface area contributed by atoms with Gasteiger partial charge >= 0.3 is 0 Å². The van der Waals surface area contributed by atoms with Crippen molar-refractivity contribution in [2.24, 2.45) is 0 Å². The molecule has 0 radical (unpaired) electrons. The van der Waals surface area contributed by atoms with E-state index in [-0.39, 0.29) is 18.1 Å². The maximum Gasteiger partial charge on any atom is 0.251 e. The molecule has 144 valence electrons. The van der Waals surface area contributed by atoms with Crippen LogP contribution in [0.15, 0.2) is 42.5 Å². The molecular weight excluding hydrogens is 342 g/mol. The Morgan fingerprint density at radius 2 is 1.67 bits per heavy atom. The van der Waals surface area contributed by atoms with Crippen molar-refractivity contribution in [1.29, 1.82) is 0 Å². The molecule has 0 bridgehead atoms. The lowest BCUT2D eigenvalue weighted by Gasteiger charge is -2.30. The molecule has 2 aromatic carbocycles. The van der Waals surface area contributed by atoms with E-state index in [0.717, 1.165) is 36.8 Å². The van der Waals surface area contributed by atoms with Crippen molar-refractivity contribution < 1.29 is 19.0 Å². The van der Waals surface area contributed by atoms with Crippen LogP contribution in [0.2, 0.25) is 0 Å². The van der Waals surface area contributed by atoms with Gasteiger partial charge in [0.05, 0.1) is 20.3 Å². The van der Waals surface area contributed by atoms with Gasteiger partial charge in [0, 0.05) is 11.6 Å². The number of para-hydroxylation sites is 1. The monoisotopic (exact) mass is 369 g/mol.